The van der Waals surface area contributed by atoms with Crippen LogP contribution in [0.5, 0.6) is 5.88 Å². The van der Waals surface area contributed by atoms with Gasteiger partial charge in [-0.15, -0.1) is 0 Å². The zero-order valence-corrected chi connectivity index (χ0v) is 13.3. The molecule has 3 heterocycles. The van der Waals surface area contributed by atoms with Gasteiger partial charge in [0.05, 0.1) is 6.61 Å². The quantitative estimate of drug-likeness (QED) is 0.849. The maximum absolute atomic E-state index is 5.79. The van der Waals surface area contributed by atoms with E-state index in [9.17, 15) is 0 Å². The molecule has 0 atom stereocenters. The van der Waals surface area contributed by atoms with Crippen molar-refractivity contribution >= 4 is 5.82 Å². The number of nitrogens with zero attached hydrogens (tertiary/aromatic N) is 4. The van der Waals surface area contributed by atoms with Crippen molar-refractivity contribution in [1.82, 2.24) is 15.0 Å². The summed E-state index contributed by atoms with van der Waals surface area (Å²) in [6, 6.07) is 7.81. The summed E-state index contributed by atoms with van der Waals surface area (Å²) in [5.74, 6) is 4.05. The Bertz CT molecular complexity index is 636. The summed E-state index contributed by atoms with van der Waals surface area (Å²) in [7, 11) is 0. The molecule has 2 aromatic rings. The van der Waals surface area contributed by atoms with Gasteiger partial charge in [-0.1, -0.05) is 6.07 Å². The standard InChI is InChI=1S/C18H22N4O/c1-2-9-19-17(3-1)23-13-14-7-11-22(12-8-14)16-6-10-20-18(21-16)15-4-5-15/h1-3,6,9-10,14-15H,4-5,7-8,11-13H2. The van der Waals surface area contributed by atoms with E-state index in [1.165, 1.54) is 12.8 Å². The van der Waals surface area contributed by atoms with Crippen molar-refractivity contribution in [2.24, 2.45) is 5.92 Å². The molecule has 0 spiro atoms. The Morgan fingerprint density at radius 1 is 1.00 bits per heavy atom. The van der Waals surface area contributed by atoms with Gasteiger partial charge in [-0.25, -0.2) is 15.0 Å². The zero-order valence-electron chi connectivity index (χ0n) is 13.3. The number of hydrogen-bond donors (Lipinski definition) is 0. The molecular weight excluding hydrogens is 288 g/mol. The first-order valence-electron chi connectivity index (χ1n) is 8.50. The average molecular weight is 310 g/mol. The molecule has 2 fully saturated rings. The summed E-state index contributed by atoms with van der Waals surface area (Å²) >= 11 is 0. The molecule has 2 aromatic heterocycles. The van der Waals surface area contributed by atoms with Crippen LogP contribution in [0.3, 0.4) is 0 Å². The Hall–Kier alpha value is -2.17. The summed E-state index contributed by atoms with van der Waals surface area (Å²) in [5.41, 5.74) is 0. The van der Waals surface area contributed by atoms with E-state index >= 15 is 0 Å². The zero-order chi connectivity index (χ0) is 15.5. The third kappa shape index (κ3) is 3.60. The van der Waals surface area contributed by atoms with Gasteiger partial charge in [0.15, 0.2) is 0 Å². The minimum atomic E-state index is 0.595. The van der Waals surface area contributed by atoms with Gasteiger partial charge in [0, 0.05) is 37.5 Å². The molecule has 1 saturated heterocycles. The topological polar surface area (TPSA) is 51.1 Å². The number of hydrogen-bond acceptors (Lipinski definition) is 5. The lowest BCUT2D eigenvalue weighted by Crippen LogP contribution is -2.36. The minimum absolute atomic E-state index is 0.595. The molecule has 5 heteroatoms. The SMILES string of the molecule is c1ccc(OCC2CCN(c3ccnc(C4CC4)n3)CC2)nc1. The van der Waals surface area contributed by atoms with Crippen LogP contribution in [0.1, 0.15) is 37.4 Å². The van der Waals surface area contributed by atoms with Gasteiger partial charge < -0.3 is 9.64 Å². The highest BCUT2D eigenvalue weighted by Gasteiger charge is 2.27. The summed E-state index contributed by atoms with van der Waals surface area (Å²) in [4.78, 5) is 15.7. The second-order valence-electron chi connectivity index (χ2n) is 6.46. The normalized spacial score (nSPS) is 18.9. The number of ether oxygens (including phenoxy) is 1. The largest absolute Gasteiger partial charge is 0.477 e. The van der Waals surface area contributed by atoms with Crippen LogP contribution in [0, 0.1) is 5.92 Å². The molecule has 0 N–H and O–H groups in total. The van der Waals surface area contributed by atoms with Crippen LogP contribution >= 0.6 is 0 Å². The van der Waals surface area contributed by atoms with E-state index in [2.05, 4.69) is 14.9 Å². The first-order valence-corrected chi connectivity index (χ1v) is 8.50. The second kappa shape index (κ2) is 6.52. The fourth-order valence-electron chi connectivity index (χ4n) is 3.04. The van der Waals surface area contributed by atoms with Crippen LogP contribution in [0.4, 0.5) is 5.82 Å². The van der Waals surface area contributed by atoms with Gasteiger partial charge in [0.25, 0.3) is 0 Å². The van der Waals surface area contributed by atoms with Crippen molar-refractivity contribution < 1.29 is 4.74 Å². The summed E-state index contributed by atoms with van der Waals surface area (Å²) < 4.78 is 5.79. The highest BCUT2D eigenvalue weighted by molar-refractivity contribution is 5.38. The van der Waals surface area contributed by atoms with Crippen molar-refractivity contribution in [3.8, 4) is 5.88 Å². The van der Waals surface area contributed by atoms with Crippen LogP contribution in [-0.2, 0) is 0 Å². The fraction of sp³-hybridized carbons (Fsp3) is 0.500. The molecule has 0 amide bonds. The van der Waals surface area contributed by atoms with Gasteiger partial charge in [0.1, 0.15) is 11.6 Å². The molecule has 23 heavy (non-hydrogen) atoms. The number of anilines is 1. The van der Waals surface area contributed by atoms with Crippen LogP contribution in [0.25, 0.3) is 0 Å². The molecule has 2 aliphatic rings. The smallest absolute Gasteiger partial charge is 0.213 e. The van der Waals surface area contributed by atoms with E-state index < -0.39 is 0 Å². The maximum atomic E-state index is 5.79. The third-order valence-corrected chi connectivity index (χ3v) is 4.65. The maximum Gasteiger partial charge on any atom is 0.213 e. The van der Waals surface area contributed by atoms with E-state index in [0.29, 0.717) is 11.8 Å². The Balaban J connectivity index is 1.29. The van der Waals surface area contributed by atoms with Crippen LogP contribution in [-0.4, -0.2) is 34.6 Å². The molecular formula is C18H22N4O. The molecule has 1 aliphatic carbocycles. The second-order valence-corrected chi connectivity index (χ2v) is 6.46. The highest BCUT2D eigenvalue weighted by atomic mass is 16.5. The number of pyridine rings is 1. The molecule has 0 bridgehead atoms. The van der Waals surface area contributed by atoms with E-state index in [1.54, 1.807) is 6.20 Å². The van der Waals surface area contributed by atoms with Crippen LogP contribution in [0.2, 0.25) is 0 Å². The molecule has 0 unspecified atom stereocenters. The lowest BCUT2D eigenvalue weighted by atomic mass is 9.98. The van der Waals surface area contributed by atoms with Gasteiger partial charge in [0.2, 0.25) is 5.88 Å². The van der Waals surface area contributed by atoms with Gasteiger partial charge >= 0.3 is 0 Å². The number of aromatic nitrogens is 3. The van der Waals surface area contributed by atoms with Gasteiger partial charge in [-0.05, 0) is 43.7 Å². The summed E-state index contributed by atoms with van der Waals surface area (Å²) in [5, 5.41) is 0. The van der Waals surface area contributed by atoms with Gasteiger partial charge in [-0.3, -0.25) is 0 Å². The van der Waals surface area contributed by atoms with Crippen LogP contribution in [0.15, 0.2) is 36.7 Å². The fourth-order valence-corrected chi connectivity index (χ4v) is 3.04. The monoisotopic (exact) mass is 310 g/mol. The molecule has 1 saturated carbocycles. The molecule has 1 aliphatic heterocycles. The lowest BCUT2D eigenvalue weighted by Gasteiger charge is -2.32. The molecule has 0 aromatic carbocycles. The minimum Gasteiger partial charge on any atom is -0.477 e. The lowest BCUT2D eigenvalue weighted by molar-refractivity contribution is 0.216. The molecule has 5 nitrogen and oxygen atoms in total. The number of rotatable bonds is 5. The number of piperidine rings is 1. The van der Waals surface area contributed by atoms with Crippen molar-refractivity contribution in [1.29, 1.82) is 0 Å². The Morgan fingerprint density at radius 2 is 1.87 bits per heavy atom. The predicted octanol–water partition coefficient (Wildman–Crippen LogP) is 3.04. The summed E-state index contributed by atoms with van der Waals surface area (Å²) in [6.45, 7) is 2.83. The van der Waals surface area contributed by atoms with Crippen LogP contribution < -0.4 is 9.64 Å². The van der Waals surface area contributed by atoms with Crippen molar-refractivity contribution in [2.75, 3.05) is 24.6 Å². The first kappa shape index (κ1) is 14.4. The first-order chi connectivity index (χ1) is 11.4. The van der Waals surface area contributed by atoms with Crippen molar-refractivity contribution in [3.05, 3.63) is 42.5 Å². The Kier molecular flexibility index (Phi) is 4.09. The third-order valence-electron chi connectivity index (χ3n) is 4.65. The van der Waals surface area contributed by atoms with E-state index in [-0.39, 0.29) is 0 Å². The van der Waals surface area contributed by atoms with E-state index in [0.717, 1.165) is 50.1 Å². The summed E-state index contributed by atoms with van der Waals surface area (Å²) in [6.07, 6.45) is 8.44. The van der Waals surface area contributed by atoms with E-state index in [4.69, 9.17) is 9.72 Å². The molecule has 120 valence electrons. The predicted molar refractivity (Wildman–Crippen MR) is 88.7 cm³/mol. The Morgan fingerprint density at radius 3 is 2.61 bits per heavy atom. The van der Waals surface area contributed by atoms with Crippen molar-refractivity contribution in [3.63, 3.8) is 0 Å². The van der Waals surface area contributed by atoms with Crippen molar-refractivity contribution in [2.45, 2.75) is 31.6 Å². The highest BCUT2D eigenvalue weighted by Crippen LogP contribution is 2.38. The van der Waals surface area contributed by atoms with E-state index in [1.807, 2.05) is 30.5 Å². The molecule has 4 rings (SSSR count). The Labute approximate surface area is 136 Å². The molecule has 0 radical (unpaired) electrons. The van der Waals surface area contributed by atoms with Gasteiger partial charge in [-0.2, -0.15) is 0 Å². The average Bonchev–Trinajstić information content (AvgIpc) is 3.47.